The van der Waals surface area contributed by atoms with E-state index in [1.807, 2.05) is 0 Å². The van der Waals surface area contributed by atoms with Gasteiger partial charge in [-0.15, -0.1) is 0 Å². The van der Waals surface area contributed by atoms with Gasteiger partial charge in [0, 0.05) is 18.2 Å². The fourth-order valence-electron chi connectivity index (χ4n) is 1.94. The number of amides is 2. The van der Waals surface area contributed by atoms with Crippen LogP contribution in [-0.4, -0.2) is 52.7 Å². The summed E-state index contributed by atoms with van der Waals surface area (Å²) in [6.45, 7) is 1.89. The minimum absolute atomic E-state index is 0.0991. The smallest absolute Gasteiger partial charge is 0.322 e. The fourth-order valence-corrected chi connectivity index (χ4v) is 2.10. The lowest BCUT2D eigenvalue weighted by molar-refractivity contribution is -0.142. The van der Waals surface area contributed by atoms with Gasteiger partial charge in [0.1, 0.15) is 12.6 Å². The third-order valence-corrected chi connectivity index (χ3v) is 3.50. The predicted octanol–water partition coefficient (Wildman–Crippen LogP) is -0.256. The molecule has 2 N–H and O–H groups in total. The quantitative estimate of drug-likeness (QED) is 0.603. The second kappa shape index (κ2) is 6.63. The van der Waals surface area contributed by atoms with Crippen LogP contribution < -0.4 is 5.32 Å². The lowest BCUT2D eigenvalue weighted by Crippen LogP contribution is -2.48. The first-order valence-electron chi connectivity index (χ1n) is 5.88. The number of aliphatic carboxylic acids is 1. The summed E-state index contributed by atoms with van der Waals surface area (Å²) in [6, 6.07) is -0.542. The van der Waals surface area contributed by atoms with Gasteiger partial charge in [0.05, 0.1) is 0 Å². The van der Waals surface area contributed by atoms with Crippen LogP contribution in [0.4, 0.5) is 0 Å². The molecule has 0 unspecified atom stereocenters. The van der Waals surface area contributed by atoms with Gasteiger partial charge in [0.15, 0.2) is 0 Å². The normalized spacial score (nSPS) is 20.6. The number of hydrogen-bond donors (Lipinski definition) is 3. The first kappa shape index (κ1) is 14.8. The summed E-state index contributed by atoms with van der Waals surface area (Å²) in [6.07, 6.45) is 1.34. The third kappa shape index (κ3) is 3.63. The Kier molecular flexibility index (Phi) is 5.46. The molecular formula is C11H18N2O4S. The number of hydrogen-bond acceptors (Lipinski definition) is 4. The fraction of sp³-hybridized carbons (Fsp3) is 0.727. The van der Waals surface area contributed by atoms with Crippen molar-refractivity contribution in [3.63, 3.8) is 0 Å². The first-order valence-corrected chi connectivity index (χ1v) is 6.51. The van der Waals surface area contributed by atoms with Crippen molar-refractivity contribution in [1.82, 2.24) is 10.2 Å². The van der Waals surface area contributed by atoms with Crippen LogP contribution in [0.5, 0.6) is 0 Å². The molecule has 0 radical (unpaired) electrons. The van der Waals surface area contributed by atoms with Gasteiger partial charge in [-0.2, -0.15) is 12.6 Å². The zero-order valence-electron chi connectivity index (χ0n) is 10.3. The lowest BCUT2D eigenvalue weighted by atomic mass is 10.1. The van der Waals surface area contributed by atoms with Crippen LogP contribution in [0.15, 0.2) is 0 Å². The highest BCUT2D eigenvalue weighted by atomic mass is 32.1. The number of thiol groups is 1. The third-order valence-electron chi connectivity index (χ3n) is 2.95. The Bertz CT molecular complexity index is 348. The van der Waals surface area contributed by atoms with E-state index < -0.39 is 24.5 Å². The van der Waals surface area contributed by atoms with Crippen LogP contribution >= 0.6 is 12.6 Å². The Balaban J connectivity index is 2.61. The molecule has 0 aliphatic carbocycles. The molecule has 1 aliphatic heterocycles. The number of nitrogens with zero attached hydrogens (tertiary/aromatic N) is 1. The summed E-state index contributed by atoms with van der Waals surface area (Å²) in [7, 11) is 0. The van der Waals surface area contributed by atoms with Crippen LogP contribution in [0.3, 0.4) is 0 Å². The number of rotatable bonds is 5. The van der Waals surface area contributed by atoms with Crippen molar-refractivity contribution in [1.29, 1.82) is 0 Å². The topological polar surface area (TPSA) is 86.7 Å². The number of nitrogens with one attached hydrogen (secondary N) is 1. The highest BCUT2D eigenvalue weighted by molar-refractivity contribution is 7.80. The van der Waals surface area contributed by atoms with Gasteiger partial charge in [-0.3, -0.25) is 14.4 Å². The molecule has 1 heterocycles. The van der Waals surface area contributed by atoms with Gasteiger partial charge in [-0.25, -0.2) is 0 Å². The van der Waals surface area contributed by atoms with Crippen molar-refractivity contribution in [2.75, 3.05) is 18.8 Å². The molecule has 1 saturated heterocycles. The zero-order chi connectivity index (χ0) is 13.7. The number of carboxylic acid groups (broad SMARTS) is 1. The van der Waals surface area contributed by atoms with E-state index in [-0.39, 0.29) is 11.8 Å². The Morgan fingerprint density at radius 2 is 2.17 bits per heavy atom. The molecule has 2 atom stereocenters. The maximum absolute atomic E-state index is 12.0. The van der Waals surface area contributed by atoms with E-state index in [9.17, 15) is 14.4 Å². The maximum atomic E-state index is 12.0. The summed E-state index contributed by atoms with van der Waals surface area (Å²) in [5, 5.41) is 10.8. The Hall–Kier alpha value is -1.24. The van der Waals surface area contributed by atoms with Gasteiger partial charge in [-0.05, 0) is 12.8 Å². The minimum atomic E-state index is -1.09. The van der Waals surface area contributed by atoms with Gasteiger partial charge in [0.2, 0.25) is 11.8 Å². The molecule has 2 amide bonds. The maximum Gasteiger partial charge on any atom is 0.322 e. The van der Waals surface area contributed by atoms with Gasteiger partial charge < -0.3 is 15.3 Å². The van der Waals surface area contributed by atoms with Crippen molar-refractivity contribution >= 4 is 30.4 Å². The van der Waals surface area contributed by atoms with Crippen LogP contribution in [0, 0.1) is 5.92 Å². The van der Waals surface area contributed by atoms with Crippen LogP contribution in [0.2, 0.25) is 0 Å². The SMILES string of the molecule is C[C@H](CS)C(=O)N1CCC[C@H]1C(=O)NCC(=O)O. The number of carbonyl (C=O) groups is 3. The summed E-state index contributed by atoms with van der Waals surface area (Å²) in [4.78, 5) is 35.7. The van der Waals surface area contributed by atoms with E-state index >= 15 is 0 Å². The highest BCUT2D eigenvalue weighted by Crippen LogP contribution is 2.20. The number of likely N-dealkylation sites (tertiary alicyclic amines) is 1. The number of carboxylic acids is 1. The summed E-state index contributed by atoms with van der Waals surface area (Å²) >= 11 is 4.07. The molecule has 6 nitrogen and oxygen atoms in total. The van der Waals surface area contributed by atoms with E-state index in [0.29, 0.717) is 18.7 Å². The molecule has 7 heteroatoms. The number of carbonyl (C=O) groups excluding carboxylic acids is 2. The summed E-state index contributed by atoms with van der Waals surface area (Å²) < 4.78 is 0. The molecule has 18 heavy (non-hydrogen) atoms. The Labute approximate surface area is 111 Å². The molecule has 102 valence electrons. The summed E-state index contributed by atoms with van der Waals surface area (Å²) in [5.74, 6) is -1.39. The van der Waals surface area contributed by atoms with Crippen LogP contribution in [-0.2, 0) is 14.4 Å². The molecule has 1 rings (SSSR count). The molecule has 0 saturated carbocycles. The van der Waals surface area contributed by atoms with E-state index in [2.05, 4.69) is 17.9 Å². The largest absolute Gasteiger partial charge is 0.480 e. The average Bonchev–Trinajstić information content (AvgIpc) is 2.82. The van der Waals surface area contributed by atoms with Gasteiger partial charge in [0.25, 0.3) is 0 Å². The average molecular weight is 274 g/mol. The molecule has 0 spiro atoms. The second-order valence-corrected chi connectivity index (χ2v) is 4.75. The highest BCUT2D eigenvalue weighted by Gasteiger charge is 2.35. The Morgan fingerprint density at radius 3 is 2.72 bits per heavy atom. The Morgan fingerprint density at radius 1 is 1.50 bits per heavy atom. The first-order chi connectivity index (χ1) is 8.47. The molecular weight excluding hydrogens is 256 g/mol. The zero-order valence-corrected chi connectivity index (χ0v) is 11.2. The molecule has 0 aromatic carbocycles. The minimum Gasteiger partial charge on any atom is -0.480 e. The molecule has 0 aromatic heterocycles. The van der Waals surface area contributed by atoms with Crippen molar-refractivity contribution in [2.45, 2.75) is 25.8 Å². The second-order valence-electron chi connectivity index (χ2n) is 4.38. The van der Waals surface area contributed by atoms with E-state index in [4.69, 9.17) is 5.11 Å². The monoisotopic (exact) mass is 274 g/mol. The van der Waals surface area contributed by atoms with Crippen LogP contribution in [0.1, 0.15) is 19.8 Å². The van der Waals surface area contributed by atoms with Gasteiger partial charge >= 0.3 is 5.97 Å². The summed E-state index contributed by atoms with van der Waals surface area (Å²) in [5.41, 5.74) is 0. The molecule has 0 bridgehead atoms. The molecule has 1 aliphatic rings. The van der Waals surface area contributed by atoms with E-state index in [1.165, 1.54) is 4.90 Å². The molecule has 0 aromatic rings. The van der Waals surface area contributed by atoms with Crippen molar-refractivity contribution in [2.24, 2.45) is 5.92 Å². The van der Waals surface area contributed by atoms with Gasteiger partial charge in [-0.1, -0.05) is 6.92 Å². The predicted molar refractivity (Wildman–Crippen MR) is 68.4 cm³/mol. The van der Waals surface area contributed by atoms with Crippen LogP contribution in [0.25, 0.3) is 0 Å². The van der Waals surface area contributed by atoms with E-state index in [0.717, 1.165) is 6.42 Å². The van der Waals surface area contributed by atoms with Crippen molar-refractivity contribution in [3.8, 4) is 0 Å². The molecule has 1 fully saturated rings. The lowest BCUT2D eigenvalue weighted by Gasteiger charge is -2.26. The van der Waals surface area contributed by atoms with E-state index in [1.54, 1.807) is 6.92 Å². The van der Waals surface area contributed by atoms with Crippen molar-refractivity contribution in [3.05, 3.63) is 0 Å². The van der Waals surface area contributed by atoms with Crippen molar-refractivity contribution < 1.29 is 19.5 Å². The standard InChI is InChI=1S/C11H18N2O4S/c1-7(6-18)11(17)13-4-2-3-8(13)10(16)12-5-9(14)15/h7-8,18H,2-6H2,1H3,(H,12,16)(H,14,15)/t7-,8+/m1/s1.